The van der Waals surface area contributed by atoms with Crippen LogP contribution in [0, 0.1) is 17.8 Å². The molecule has 1 N–H and O–H groups in total. The van der Waals surface area contributed by atoms with Gasteiger partial charge in [-0.2, -0.15) is 0 Å². The van der Waals surface area contributed by atoms with Gasteiger partial charge in [-0.05, 0) is 75.3 Å². The number of aromatic nitrogens is 1. The molecule has 6 rings (SSSR count). The lowest BCUT2D eigenvalue weighted by Gasteiger charge is -2.57. The Balaban J connectivity index is 1.24. The second-order valence-electron chi connectivity index (χ2n) is 9.25. The molecule has 1 heterocycles. The second-order valence-corrected chi connectivity index (χ2v) is 10.3. The number of thiazole rings is 1. The molecule has 1 aromatic carbocycles. The number of carbonyl (C=O) groups excluding carboxylic acids is 1. The van der Waals surface area contributed by atoms with E-state index < -0.39 is 0 Å². The number of likely N-dealkylation sites (N-methyl/N-ethyl adjacent to an activating group) is 1. The SMILES string of the molecule is C[C@H](c1nc2ccccc2s1)N(C)C(=O)CNC12CC3CC(CC(C3)C1)C2. The Hall–Kier alpha value is -1.46. The number of nitrogens with one attached hydrogen (secondary N) is 1. The number of amides is 1. The molecule has 4 nitrogen and oxygen atoms in total. The summed E-state index contributed by atoms with van der Waals surface area (Å²) in [5, 5.41) is 4.75. The maximum absolute atomic E-state index is 12.9. The molecular weight excluding hydrogens is 354 g/mol. The summed E-state index contributed by atoms with van der Waals surface area (Å²) in [6, 6.07) is 8.20. The Kier molecular flexibility index (Phi) is 4.28. The highest BCUT2D eigenvalue weighted by atomic mass is 32.1. The molecule has 0 radical (unpaired) electrons. The van der Waals surface area contributed by atoms with Gasteiger partial charge in [-0.1, -0.05) is 12.1 Å². The van der Waals surface area contributed by atoms with Crippen LogP contribution in [0.2, 0.25) is 0 Å². The van der Waals surface area contributed by atoms with E-state index in [0.717, 1.165) is 28.3 Å². The maximum atomic E-state index is 12.9. The summed E-state index contributed by atoms with van der Waals surface area (Å²) in [4.78, 5) is 19.5. The van der Waals surface area contributed by atoms with E-state index in [1.54, 1.807) is 11.3 Å². The Bertz CT molecular complexity index is 792. The molecule has 1 amide bonds. The van der Waals surface area contributed by atoms with E-state index in [4.69, 9.17) is 4.98 Å². The first-order valence-electron chi connectivity index (χ1n) is 10.4. The third-order valence-electron chi connectivity index (χ3n) is 7.30. The zero-order chi connectivity index (χ0) is 18.6. The molecule has 4 aliphatic carbocycles. The largest absolute Gasteiger partial charge is 0.335 e. The highest BCUT2D eigenvalue weighted by Gasteiger charge is 2.50. The van der Waals surface area contributed by atoms with E-state index >= 15 is 0 Å². The van der Waals surface area contributed by atoms with Gasteiger partial charge in [-0.25, -0.2) is 4.98 Å². The van der Waals surface area contributed by atoms with Crippen LogP contribution in [0.1, 0.15) is 56.5 Å². The molecular formula is C22H29N3OS. The molecule has 4 aliphatic rings. The Morgan fingerprint density at radius 2 is 1.85 bits per heavy atom. The fourth-order valence-electron chi connectivity index (χ4n) is 6.17. The van der Waals surface area contributed by atoms with Gasteiger partial charge in [0.1, 0.15) is 5.01 Å². The molecule has 0 unspecified atom stereocenters. The predicted octanol–water partition coefficient (Wildman–Crippen LogP) is 4.37. The van der Waals surface area contributed by atoms with Gasteiger partial charge >= 0.3 is 0 Å². The van der Waals surface area contributed by atoms with Crippen LogP contribution in [0.4, 0.5) is 0 Å². The van der Waals surface area contributed by atoms with Crippen LogP contribution in [0.25, 0.3) is 10.2 Å². The molecule has 1 aromatic heterocycles. The number of carbonyl (C=O) groups is 1. The van der Waals surface area contributed by atoms with Crippen LogP contribution in [0.3, 0.4) is 0 Å². The van der Waals surface area contributed by atoms with Gasteiger partial charge in [0.2, 0.25) is 5.91 Å². The average molecular weight is 384 g/mol. The lowest BCUT2D eigenvalue weighted by Crippen LogP contribution is -2.59. The lowest BCUT2D eigenvalue weighted by atomic mass is 9.53. The van der Waals surface area contributed by atoms with Gasteiger partial charge in [0.25, 0.3) is 0 Å². The fraction of sp³-hybridized carbons (Fsp3) is 0.636. The first-order chi connectivity index (χ1) is 13.0. The minimum absolute atomic E-state index is 0.00747. The molecule has 5 heteroatoms. The number of rotatable bonds is 5. The molecule has 4 saturated carbocycles. The summed E-state index contributed by atoms with van der Waals surface area (Å²) in [6.07, 6.45) is 8.15. The number of hydrogen-bond acceptors (Lipinski definition) is 4. The monoisotopic (exact) mass is 383 g/mol. The predicted molar refractivity (Wildman–Crippen MR) is 110 cm³/mol. The fourth-order valence-corrected chi connectivity index (χ4v) is 7.23. The number of nitrogens with zero attached hydrogens (tertiary/aromatic N) is 2. The van der Waals surface area contributed by atoms with E-state index in [-0.39, 0.29) is 17.5 Å². The van der Waals surface area contributed by atoms with Gasteiger partial charge in [0.15, 0.2) is 0 Å². The van der Waals surface area contributed by atoms with Crippen molar-refractivity contribution in [2.45, 2.75) is 57.0 Å². The molecule has 1 atom stereocenters. The molecule has 0 saturated heterocycles. The standard InChI is InChI=1S/C22H29N3OS/c1-14(21-24-18-5-3-4-6-19(18)27-21)25(2)20(26)13-23-22-10-15-7-16(11-22)9-17(8-15)12-22/h3-6,14-17,23H,7-13H2,1-2H3/t14-,15?,16?,17?,22?/m1/s1. The minimum Gasteiger partial charge on any atom is -0.335 e. The Labute approximate surface area is 165 Å². The summed E-state index contributed by atoms with van der Waals surface area (Å²) in [6.45, 7) is 2.54. The first kappa shape index (κ1) is 17.6. The minimum atomic E-state index is 0.00747. The van der Waals surface area contributed by atoms with Crippen molar-refractivity contribution in [1.82, 2.24) is 15.2 Å². The van der Waals surface area contributed by atoms with Crippen molar-refractivity contribution in [3.05, 3.63) is 29.3 Å². The average Bonchev–Trinajstić information content (AvgIpc) is 3.08. The normalized spacial score (nSPS) is 32.7. The smallest absolute Gasteiger partial charge is 0.236 e. The van der Waals surface area contributed by atoms with E-state index in [9.17, 15) is 4.79 Å². The van der Waals surface area contributed by atoms with Crippen molar-refractivity contribution in [2.75, 3.05) is 13.6 Å². The Morgan fingerprint density at radius 3 is 2.48 bits per heavy atom. The Morgan fingerprint density at radius 1 is 1.22 bits per heavy atom. The maximum Gasteiger partial charge on any atom is 0.236 e. The van der Waals surface area contributed by atoms with Gasteiger partial charge in [0, 0.05) is 12.6 Å². The molecule has 0 spiro atoms. The number of para-hydroxylation sites is 1. The van der Waals surface area contributed by atoms with E-state index in [0.29, 0.717) is 6.54 Å². The van der Waals surface area contributed by atoms with Crippen LogP contribution in [-0.4, -0.2) is 34.9 Å². The van der Waals surface area contributed by atoms with Crippen molar-refractivity contribution in [2.24, 2.45) is 17.8 Å². The summed E-state index contributed by atoms with van der Waals surface area (Å²) in [7, 11) is 1.92. The molecule has 0 aliphatic heterocycles. The summed E-state index contributed by atoms with van der Waals surface area (Å²) < 4.78 is 1.19. The summed E-state index contributed by atoms with van der Waals surface area (Å²) in [5.74, 6) is 2.88. The highest BCUT2D eigenvalue weighted by molar-refractivity contribution is 7.18. The second kappa shape index (κ2) is 6.56. The molecule has 4 bridgehead atoms. The van der Waals surface area contributed by atoms with Crippen molar-refractivity contribution < 1.29 is 4.79 Å². The summed E-state index contributed by atoms with van der Waals surface area (Å²) in [5.41, 5.74) is 1.27. The summed E-state index contributed by atoms with van der Waals surface area (Å²) >= 11 is 1.69. The number of benzene rings is 1. The highest BCUT2D eigenvalue weighted by Crippen LogP contribution is 2.55. The molecule has 144 valence electrons. The topological polar surface area (TPSA) is 45.2 Å². The van der Waals surface area contributed by atoms with Gasteiger partial charge < -0.3 is 10.2 Å². The zero-order valence-electron chi connectivity index (χ0n) is 16.3. The van der Waals surface area contributed by atoms with Crippen molar-refractivity contribution in [1.29, 1.82) is 0 Å². The van der Waals surface area contributed by atoms with Gasteiger partial charge in [-0.3, -0.25) is 4.79 Å². The van der Waals surface area contributed by atoms with Crippen molar-refractivity contribution >= 4 is 27.5 Å². The molecule has 4 fully saturated rings. The van der Waals surface area contributed by atoms with Gasteiger partial charge in [-0.15, -0.1) is 11.3 Å². The zero-order valence-corrected chi connectivity index (χ0v) is 17.1. The van der Waals surface area contributed by atoms with Crippen LogP contribution >= 0.6 is 11.3 Å². The van der Waals surface area contributed by atoms with Gasteiger partial charge in [0.05, 0.1) is 22.8 Å². The van der Waals surface area contributed by atoms with Crippen LogP contribution in [-0.2, 0) is 4.79 Å². The first-order valence-corrected chi connectivity index (χ1v) is 11.2. The number of hydrogen-bond donors (Lipinski definition) is 1. The van der Waals surface area contributed by atoms with E-state index in [1.807, 2.05) is 30.1 Å². The van der Waals surface area contributed by atoms with Crippen molar-refractivity contribution in [3.63, 3.8) is 0 Å². The van der Waals surface area contributed by atoms with E-state index in [1.165, 1.54) is 43.2 Å². The van der Waals surface area contributed by atoms with Crippen molar-refractivity contribution in [3.8, 4) is 0 Å². The lowest BCUT2D eigenvalue weighted by molar-refractivity contribution is -0.132. The third kappa shape index (κ3) is 3.19. The van der Waals surface area contributed by atoms with Crippen LogP contribution in [0.5, 0.6) is 0 Å². The quantitative estimate of drug-likeness (QED) is 0.834. The third-order valence-corrected chi connectivity index (χ3v) is 8.50. The molecule has 2 aromatic rings. The van der Waals surface area contributed by atoms with Crippen LogP contribution in [0.15, 0.2) is 24.3 Å². The van der Waals surface area contributed by atoms with Crippen LogP contribution < -0.4 is 5.32 Å². The number of fused-ring (bicyclic) bond motifs is 1. The van der Waals surface area contributed by atoms with E-state index in [2.05, 4.69) is 18.3 Å². The molecule has 27 heavy (non-hydrogen) atoms.